The normalized spacial score (nSPS) is 14.2. The van der Waals surface area contributed by atoms with Crippen LogP contribution in [0, 0.1) is 27.0 Å². The molecule has 0 radical (unpaired) electrons. The molecule has 6 heteroatoms. The van der Waals surface area contributed by atoms with Crippen LogP contribution in [0.4, 0.5) is 0 Å². The van der Waals surface area contributed by atoms with Gasteiger partial charge in [0.05, 0.1) is 0 Å². The van der Waals surface area contributed by atoms with Gasteiger partial charge in [-0.15, -0.1) is 37.7 Å². The molecule has 0 saturated carbocycles. The molecule has 0 N–H and O–H groups in total. The van der Waals surface area contributed by atoms with E-state index in [1.807, 2.05) is 6.88 Å². The van der Waals surface area contributed by atoms with Gasteiger partial charge in [0.25, 0.3) is 0 Å². The summed E-state index contributed by atoms with van der Waals surface area (Å²) in [7, 11) is -2.13. The van der Waals surface area contributed by atoms with Crippen molar-refractivity contribution in [3.05, 3.63) is 60.7 Å². The molecule has 0 fully saturated rings. The minimum atomic E-state index is -1.07. The predicted octanol–water partition coefficient (Wildman–Crippen LogP) is 8.27. The Labute approximate surface area is 222 Å². The molecule has 30 heavy (non-hydrogen) atoms. The van der Waals surface area contributed by atoms with Gasteiger partial charge in [0, 0.05) is 16.1 Å². The van der Waals surface area contributed by atoms with Gasteiger partial charge in [-0.3, -0.25) is 12.2 Å². The molecule has 2 aliphatic rings. The van der Waals surface area contributed by atoms with Crippen LogP contribution in [0.2, 0.25) is 39.3 Å². The molecule has 0 aromatic heterocycles. The molecule has 0 unspecified atom stereocenters. The van der Waals surface area contributed by atoms with Crippen molar-refractivity contribution in [2.24, 2.45) is 0 Å². The molecular weight excluding hydrogens is 535 g/mol. The van der Waals surface area contributed by atoms with Crippen molar-refractivity contribution in [3.8, 4) is 0 Å². The van der Waals surface area contributed by atoms with E-state index >= 15 is 0 Å². The maximum absolute atomic E-state index is 3.52. The summed E-state index contributed by atoms with van der Waals surface area (Å²) in [5, 5.41) is 3.07. The van der Waals surface area contributed by atoms with Crippen LogP contribution in [0.25, 0.3) is 0 Å². The van der Waals surface area contributed by atoms with Crippen molar-refractivity contribution in [2.45, 2.75) is 91.7 Å². The van der Waals surface area contributed by atoms with Crippen molar-refractivity contribution in [1.29, 1.82) is 0 Å². The quantitative estimate of drug-likeness (QED) is 0.218. The SMILES string of the molecule is CCCC1=CC([Si](C)(C)C)=[C-]C1.CCCC1=CC([Si](C)(C)C)=[C-]C1.Cl.Cl.[CH3-].[CH3-].[SiH2]=[Zr]. The third-order valence-electron chi connectivity index (χ3n) is 4.47. The van der Waals surface area contributed by atoms with Crippen LogP contribution in [0.1, 0.15) is 52.4 Å². The van der Waals surface area contributed by atoms with E-state index in [1.54, 1.807) is 34.5 Å². The number of halogens is 2. The number of hydrogen-bond donors (Lipinski definition) is 0. The minimum absolute atomic E-state index is 0. The fourth-order valence-electron chi connectivity index (χ4n) is 2.96. The Kier molecular flexibility index (Phi) is 28.5. The van der Waals surface area contributed by atoms with Crippen molar-refractivity contribution < 1.29 is 23.3 Å². The Balaban J connectivity index is -0.000000114. The van der Waals surface area contributed by atoms with Gasteiger partial charge in [-0.25, -0.2) is 22.5 Å². The monoisotopic (exact) mass is 580 g/mol. The molecular formula is C24H48Cl2Si3Zr-4. The van der Waals surface area contributed by atoms with Gasteiger partial charge in [0.2, 0.25) is 0 Å². The summed E-state index contributed by atoms with van der Waals surface area (Å²) in [6, 6.07) is 0. The predicted molar refractivity (Wildman–Crippen MR) is 151 cm³/mol. The molecule has 0 aromatic rings. The Morgan fingerprint density at radius 3 is 1.17 bits per heavy atom. The van der Waals surface area contributed by atoms with E-state index in [9.17, 15) is 0 Å². The molecule has 0 aliphatic heterocycles. The van der Waals surface area contributed by atoms with Crippen LogP contribution in [0.15, 0.2) is 33.7 Å². The first-order chi connectivity index (χ1) is 12.1. The van der Waals surface area contributed by atoms with E-state index in [1.165, 1.54) is 36.1 Å². The molecule has 0 spiro atoms. The second-order valence-electron chi connectivity index (χ2n) is 9.14. The van der Waals surface area contributed by atoms with Gasteiger partial charge in [-0.2, -0.15) is 11.1 Å². The second kappa shape index (κ2) is 20.7. The van der Waals surface area contributed by atoms with E-state index in [0.717, 1.165) is 12.8 Å². The van der Waals surface area contributed by atoms with Gasteiger partial charge in [-0.1, -0.05) is 66.0 Å². The Hall–Kier alpha value is 1.07. The van der Waals surface area contributed by atoms with Crippen molar-refractivity contribution in [1.82, 2.24) is 0 Å². The van der Waals surface area contributed by atoms with Crippen LogP contribution in [0.5, 0.6) is 0 Å². The Morgan fingerprint density at radius 1 is 0.733 bits per heavy atom. The summed E-state index contributed by atoms with van der Waals surface area (Å²) in [5.74, 6) is 0. The van der Waals surface area contributed by atoms with Crippen LogP contribution in [-0.4, -0.2) is 23.0 Å². The molecule has 0 bridgehead atoms. The van der Waals surface area contributed by atoms with Gasteiger partial charge in [-0.05, 0) is 12.8 Å². The molecule has 0 nitrogen and oxygen atoms in total. The number of hydrogen-bond acceptors (Lipinski definition) is 0. The first kappa shape index (κ1) is 41.3. The Bertz CT molecular complexity index is 516. The van der Waals surface area contributed by atoms with E-state index in [2.05, 4.69) is 77.4 Å². The number of rotatable bonds is 6. The average molecular weight is 583 g/mol. The number of allylic oxidation sites excluding steroid dienone is 8. The van der Waals surface area contributed by atoms with Gasteiger partial charge < -0.3 is 14.9 Å². The molecule has 0 saturated heterocycles. The van der Waals surface area contributed by atoms with Crippen molar-refractivity contribution >= 4 is 47.8 Å². The van der Waals surface area contributed by atoms with Gasteiger partial charge >= 0.3 is 30.2 Å². The van der Waals surface area contributed by atoms with E-state index in [-0.39, 0.29) is 39.7 Å². The molecule has 0 aromatic carbocycles. The summed E-state index contributed by atoms with van der Waals surface area (Å²) in [5.41, 5.74) is 3.19. The molecule has 0 amide bonds. The third-order valence-corrected chi connectivity index (χ3v) is 8.34. The topological polar surface area (TPSA) is 0 Å². The van der Waals surface area contributed by atoms with E-state index in [4.69, 9.17) is 0 Å². The van der Waals surface area contributed by atoms with Crippen LogP contribution >= 0.6 is 24.8 Å². The standard InChI is InChI=1S/2C11H19Si.2CH3.2ClH.H2Si.Zr/c2*1-5-6-10-7-8-11(9-10)12(2,3)4;;;;;;/h2*9H,5-7H2,1-4H3;2*1H3;2*1H;1H2;/q4*-1;;;;. The summed E-state index contributed by atoms with van der Waals surface area (Å²) >= 11 is 1.58. The summed E-state index contributed by atoms with van der Waals surface area (Å²) in [6.07, 6.45) is 19.1. The van der Waals surface area contributed by atoms with Crippen LogP contribution in [0.3, 0.4) is 0 Å². The second-order valence-corrected chi connectivity index (χ2v) is 19.2. The first-order valence-electron chi connectivity index (χ1n) is 10.0. The molecule has 2 aliphatic carbocycles. The zero-order valence-corrected chi connectivity index (χ0v) is 28.9. The Morgan fingerprint density at radius 2 is 1.00 bits per heavy atom. The molecule has 0 heterocycles. The summed E-state index contributed by atoms with van der Waals surface area (Å²) in [4.78, 5) is 0. The fourth-order valence-corrected chi connectivity index (χ4v) is 5.47. The fraction of sp³-hybridized carbons (Fsp3) is 0.583. The van der Waals surface area contributed by atoms with Crippen LogP contribution in [-0.2, 0) is 23.3 Å². The molecule has 0 atom stereocenters. The molecule has 178 valence electrons. The van der Waals surface area contributed by atoms with Gasteiger partial charge in [0.1, 0.15) is 0 Å². The average Bonchev–Trinajstić information content (AvgIpc) is 3.19. The van der Waals surface area contributed by atoms with Crippen molar-refractivity contribution in [2.75, 3.05) is 0 Å². The van der Waals surface area contributed by atoms with Gasteiger partial charge in [0.15, 0.2) is 0 Å². The third kappa shape index (κ3) is 16.7. The van der Waals surface area contributed by atoms with E-state index < -0.39 is 16.1 Å². The first-order valence-corrected chi connectivity index (χ1v) is 23.0. The van der Waals surface area contributed by atoms with E-state index in [0.29, 0.717) is 0 Å². The summed E-state index contributed by atoms with van der Waals surface area (Å²) < 4.78 is 0. The zero-order chi connectivity index (χ0) is 20.4. The maximum atomic E-state index is 3.52. The molecule has 2 rings (SSSR count). The van der Waals surface area contributed by atoms with Crippen molar-refractivity contribution in [3.63, 3.8) is 0 Å². The zero-order valence-electron chi connectivity index (χ0n) is 21.4. The summed E-state index contributed by atoms with van der Waals surface area (Å²) in [6.45, 7) is 20.8. The van der Waals surface area contributed by atoms with Crippen LogP contribution < -0.4 is 0 Å².